The number of nitrogens with zero attached hydrogens (tertiary/aromatic N) is 6. The lowest BCUT2D eigenvalue weighted by Crippen LogP contribution is -2.43. The first-order valence-corrected chi connectivity index (χ1v) is 15.9. The van der Waals surface area contributed by atoms with E-state index in [1.807, 2.05) is 35.4 Å². The SMILES string of the molecule is CC(C)C(=O)N1CCC(c2cc(-c3ccc(-c4c(C(N)=O)c(=O)n(-c5ccccc5)c(=O)n4C4CC4)cc3)c3c(N)ncnn23)CC1. The molecule has 2 aliphatic rings. The molecule has 4 heterocycles. The van der Waals surface area contributed by atoms with Crippen LogP contribution in [0.3, 0.4) is 0 Å². The third-order valence-corrected chi connectivity index (χ3v) is 9.26. The molecule has 47 heavy (non-hydrogen) atoms. The molecule has 1 aliphatic heterocycles. The van der Waals surface area contributed by atoms with Gasteiger partial charge in [0.05, 0.1) is 11.4 Å². The van der Waals surface area contributed by atoms with E-state index in [2.05, 4.69) is 16.1 Å². The smallest absolute Gasteiger partial charge is 0.336 e. The van der Waals surface area contributed by atoms with Gasteiger partial charge in [0.1, 0.15) is 17.4 Å². The number of piperidine rings is 1. The molecule has 0 bridgehead atoms. The molecule has 5 aromatic rings. The van der Waals surface area contributed by atoms with E-state index in [9.17, 15) is 19.2 Å². The van der Waals surface area contributed by atoms with Crippen molar-refractivity contribution >= 4 is 23.1 Å². The number of nitrogen functional groups attached to an aromatic ring is 1. The molecule has 0 spiro atoms. The molecule has 240 valence electrons. The van der Waals surface area contributed by atoms with Crippen LogP contribution in [-0.2, 0) is 4.79 Å². The van der Waals surface area contributed by atoms with E-state index in [4.69, 9.17) is 11.5 Å². The van der Waals surface area contributed by atoms with Crippen LogP contribution in [0.2, 0.25) is 0 Å². The van der Waals surface area contributed by atoms with E-state index in [0.717, 1.165) is 47.1 Å². The van der Waals surface area contributed by atoms with Crippen molar-refractivity contribution in [3.05, 3.63) is 99.1 Å². The van der Waals surface area contributed by atoms with Gasteiger partial charge in [0.15, 0.2) is 5.82 Å². The number of aromatic nitrogens is 5. The molecule has 2 fully saturated rings. The van der Waals surface area contributed by atoms with Gasteiger partial charge in [0, 0.05) is 42.2 Å². The highest BCUT2D eigenvalue weighted by molar-refractivity contribution is 5.99. The molecule has 0 radical (unpaired) electrons. The van der Waals surface area contributed by atoms with Gasteiger partial charge in [-0.05, 0) is 55.0 Å². The molecule has 2 amide bonds. The quantitative estimate of drug-likeness (QED) is 0.276. The Morgan fingerprint density at radius 3 is 2.19 bits per heavy atom. The van der Waals surface area contributed by atoms with Crippen LogP contribution in [0, 0.1) is 5.92 Å². The first kappa shape index (κ1) is 30.2. The zero-order valence-electron chi connectivity index (χ0n) is 26.3. The number of fused-ring (bicyclic) bond motifs is 1. The zero-order chi connectivity index (χ0) is 33.0. The Hall–Kier alpha value is -5.52. The zero-order valence-corrected chi connectivity index (χ0v) is 26.3. The number of benzene rings is 2. The Balaban J connectivity index is 1.31. The fourth-order valence-electron chi connectivity index (χ4n) is 6.78. The third kappa shape index (κ3) is 5.19. The van der Waals surface area contributed by atoms with E-state index >= 15 is 0 Å². The Morgan fingerprint density at radius 1 is 0.915 bits per heavy atom. The monoisotopic (exact) mass is 632 g/mol. The van der Waals surface area contributed by atoms with Crippen LogP contribution in [0.4, 0.5) is 5.82 Å². The second kappa shape index (κ2) is 11.7. The highest BCUT2D eigenvalue weighted by Gasteiger charge is 2.34. The molecular weight excluding hydrogens is 596 g/mol. The summed E-state index contributed by atoms with van der Waals surface area (Å²) in [6, 6.07) is 17.8. The number of nitrogens with two attached hydrogens (primary N) is 2. The molecule has 0 atom stereocenters. The molecule has 12 nitrogen and oxygen atoms in total. The summed E-state index contributed by atoms with van der Waals surface area (Å²) >= 11 is 0. The number of likely N-dealkylation sites (tertiary alicyclic amines) is 1. The number of amides is 2. The fourth-order valence-corrected chi connectivity index (χ4v) is 6.78. The first-order chi connectivity index (χ1) is 22.7. The van der Waals surface area contributed by atoms with Crippen LogP contribution in [0.1, 0.15) is 67.5 Å². The van der Waals surface area contributed by atoms with Gasteiger partial charge in [-0.2, -0.15) is 5.10 Å². The number of anilines is 1. The van der Waals surface area contributed by atoms with Crippen LogP contribution in [-0.4, -0.2) is 53.5 Å². The van der Waals surface area contributed by atoms with Crippen molar-refractivity contribution in [3.63, 3.8) is 0 Å². The van der Waals surface area contributed by atoms with Crippen molar-refractivity contribution in [2.75, 3.05) is 18.8 Å². The van der Waals surface area contributed by atoms with Gasteiger partial charge in [-0.1, -0.05) is 56.3 Å². The highest BCUT2D eigenvalue weighted by atomic mass is 16.2. The van der Waals surface area contributed by atoms with E-state index in [1.54, 1.807) is 42.5 Å². The lowest BCUT2D eigenvalue weighted by molar-refractivity contribution is -0.135. The maximum absolute atomic E-state index is 13.9. The minimum absolute atomic E-state index is 0.0402. The molecule has 3 aromatic heterocycles. The van der Waals surface area contributed by atoms with Crippen LogP contribution in [0.25, 0.3) is 33.6 Å². The predicted octanol–water partition coefficient (Wildman–Crippen LogP) is 3.75. The van der Waals surface area contributed by atoms with Crippen LogP contribution < -0.4 is 22.7 Å². The second-order valence-electron chi connectivity index (χ2n) is 12.7. The minimum atomic E-state index is -0.901. The number of carbonyl (C=O) groups is 2. The average Bonchev–Trinajstić information content (AvgIpc) is 3.83. The third-order valence-electron chi connectivity index (χ3n) is 9.26. The largest absolute Gasteiger partial charge is 0.382 e. The first-order valence-electron chi connectivity index (χ1n) is 15.9. The Labute approximate surface area is 270 Å². The lowest BCUT2D eigenvalue weighted by Gasteiger charge is -2.33. The van der Waals surface area contributed by atoms with Gasteiger partial charge < -0.3 is 16.4 Å². The molecule has 4 N–H and O–H groups in total. The lowest BCUT2D eigenvalue weighted by atomic mass is 9.92. The number of hydrogen-bond acceptors (Lipinski definition) is 7. The van der Waals surface area contributed by atoms with Crippen LogP contribution in [0.5, 0.6) is 0 Å². The number of para-hydroxylation sites is 1. The summed E-state index contributed by atoms with van der Waals surface area (Å²) in [5, 5.41) is 4.55. The van der Waals surface area contributed by atoms with Crippen LogP contribution in [0.15, 0.2) is 76.6 Å². The predicted molar refractivity (Wildman–Crippen MR) is 178 cm³/mol. The van der Waals surface area contributed by atoms with Crippen molar-refractivity contribution in [1.82, 2.24) is 28.6 Å². The summed E-state index contributed by atoms with van der Waals surface area (Å²) in [4.78, 5) is 59.2. The average molecular weight is 633 g/mol. The van der Waals surface area contributed by atoms with Crippen molar-refractivity contribution in [1.29, 1.82) is 0 Å². The summed E-state index contributed by atoms with van der Waals surface area (Å²) in [5.74, 6) is -0.271. The number of hydrogen-bond donors (Lipinski definition) is 2. The number of rotatable bonds is 7. The van der Waals surface area contributed by atoms with E-state index in [1.165, 1.54) is 10.9 Å². The Kier molecular flexibility index (Phi) is 7.50. The molecule has 1 aliphatic carbocycles. The van der Waals surface area contributed by atoms with E-state index < -0.39 is 17.2 Å². The maximum Gasteiger partial charge on any atom is 0.336 e. The summed E-state index contributed by atoms with van der Waals surface area (Å²) < 4.78 is 4.41. The molecule has 2 aromatic carbocycles. The van der Waals surface area contributed by atoms with Crippen molar-refractivity contribution in [3.8, 4) is 28.1 Å². The molecular formula is C35H36N8O4. The van der Waals surface area contributed by atoms with E-state index in [0.29, 0.717) is 35.7 Å². The standard InChI is InChI=1S/C35H36N8O4/c1-20(2)33(45)40-16-14-22(15-17-40)27-18-26(30-31(36)38-19-39-43(27)30)21-8-10-23(11-9-21)29-28(32(37)44)34(46)42(24-6-4-3-5-7-24)35(47)41(29)25-12-13-25/h3-11,18-20,22,25H,12-17H2,1-2H3,(H2,37,44)(H2,36,38,39). The van der Waals surface area contributed by atoms with Gasteiger partial charge in [-0.25, -0.2) is 18.9 Å². The van der Waals surface area contributed by atoms with Crippen molar-refractivity contribution in [2.24, 2.45) is 11.7 Å². The van der Waals surface area contributed by atoms with Crippen molar-refractivity contribution < 1.29 is 9.59 Å². The Bertz CT molecular complexity index is 2140. The van der Waals surface area contributed by atoms with Gasteiger partial charge in [-0.3, -0.25) is 19.0 Å². The van der Waals surface area contributed by atoms with Crippen molar-refractivity contribution in [2.45, 2.75) is 51.5 Å². The minimum Gasteiger partial charge on any atom is -0.382 e. The molecule has 1 saturated carbocycles. The second-order valence-corrected chi connectivity index (χ2v) is 12.7. The molecule has 1 saturated heterocycles. The maximum atomic E-state index is 13.9. The normalized spacial score (nSPS) is 15.4. The summed E-state index contributed by atoms with van der Waals surface area (Å²) in [7, 11) is 0. The molecule has 7 rings (SSSR count). The van der Waals surface area contributed by atoms with E-state index in [-0.39, 0.29) is 35.0 Å². The summed E-state index contributed by atoms with van der Waals surface area (Å²) in [5.41, 5.74) is 15.2. The Morgan fingerprint density at radius 2 is 1.57 bits per heavy atom. The number of primary amides is 1. The summed E-state index contributed by atoms with van der Waals surface area (Å²) in [6.07, 6.45) is 4.54. The number of carbonyl (C=O) groups excluding carboxylic acids is 2. The molecule has 0 unspecified atom stereocenters. The van der Waals surface area contributed by atoms with Gasteiger partial charge in [0.2, 0.25) is 5.91 Å². The topological polar surface area (TPSA) is 164 Å². The summed E-state index contributed by atoms with van der Waals surface area (Å²) in [6.45, 7) is 5.19. The van der Waals surface area contributed by atoms with Gasteiger partial charge in [-0.15, -0.1) is 0 Å². The highest BCUT2D eigenvalue weighted by Crippen LogP contribution is 2.40. The fraction of sp³-hybridized carbons (Fsp3) is 0.314. The van der Waals surface area contributed by atoms with Gasteiger partial charge >= 0.3 is 5.69 Å². The van der Waals surface area contributed by atoms with Crippen LogP contribution >= 0.6 is 0 Å². The van der Waals surface area contributed by atoms with Gasteiger partial charge in [0.25, 0.3) is 11.5 Å². The molecule has 12 heteroatoms.